The van der Waals surface area contributed by atoms with Crippen LogP contribution < -0.4 is 5.32 Å². The van der Waals surface area contributed by atoms with Crippen LogP contribution in [-0.4, -0.2) is 50.0 Å². The Bertz CT molecular complexity index is 1580. The van der Waals surface area contributed by atoms with Crippen LogP contribution in [0.2, 0.25) is 0 Å². The number of benzene rings is 2. The molecule has 6 nitrogen and oxygen atoms in total. The predicted molar refractivity (Wildman–Crippen MR) is 177 cm³/mol. The SMILES string of the molecule is Cc1ccnc(C)c1C(=O)NC1CCC(CCCN2[C@@H]3CC[C@H]2CC(n2c(C)nc4ccccc42)C3)(c2ccccc2)CC1. The second-order valence-corrected chi connectivity index (χ2v) is 13.9. The molecule has 4 heterocycles. The molecule has 1 aliphatic carbocycles. The Morgan fingerprint density at radius 2 is 1.59 bits per heavy atom. The van der Waals surface area contributed by atoms with E-state index in [4.69, 9.17) is 4.98 Å². The number of aromatic nitrogens is 3. The molecule has 2 saturated heterocycles. The molecule has 7 rings (SSSR count). The Labute approximate surface area is 262 Å². The van der Waals surface area contributed by atoms with Gasteiger partial charge in [-0.05, 0) is 126 Å². The summed E-state index contributed by atoms with van der Waals surface area (Å²) < 4.78 is 2.54. The van der Waals surface area contributed by atoms with Crippen molar-refractivity contribution in [1.82, 2.24) is 24.8 Å². The van der Waals surface area contributed by atoms with Crippen LogP contribution >= 0.6 is 0 Å². The third-order valence-corrected chi connectivity index (χ3v) is 11.3. The van der Waals surface area contributed by atoms with Gasteiger partial charge >= 0.3 is 0 Å². The number of imidazole rings is 1. The average molecular weight is 590 g/mol. The third kappa shape index (κ3) is 5.47. The maximum atomic E-state index is 13.2. The highest BCUT2D eigenvalue weighted by molar-refractivity contribution is 5.96. The molecule has 2 bridgehead atoms. The molecular weight excluding hydrogens is 542 g/mol. The van der Waals surface area contributed by atoms with E-state index in [2.05, 4.69) is 81.3 Å². The van der Waals surface area contributed by atoms with E-state index in [9.17, 15) is 4.79 Å². The third-order valence-electron chi connectivity index (χ3n) is 11.3. The molecule has 1 N–H and O–H groups in total. The highest BCUT2D eigenvalue weighted by Gasteiger charge is 2.42. The minimum absolute atomic E-state index is 0.0306. The number of pyridine rings is 1. The molecule has 2 aliphatic heterocycles. The Morgan fingerprint density at radius 3 is 2.32 bits per heavy atom. The molecular formula is C38H47N5O. The predicted octanol–water partition coefficient (Wildman–Crippen LogP) is 7.62. The van der Waals surface area contributed by atoms with E-state index in [0.29, 0.717) is 18.1 Å². The van der Waals surface area contributed by atoms with Crippen molar-refractivity contribution in [3.8, 4) is 0 Å². The van der Waals surface area contributed by atoms with Crippen molar-refractivity contribution >= 4 is 16.9 Å². The number of aryl methyl sites for hydroxylation is 3. The van der Waals surface area contributed by atoms with Gasteiger partial charge in [0.05, 0.1) is 22.3 Å². The first-order valence-electron chi connectivity index (χ1n) is 16.9. The fraction of sp³-hybridized carbons (Fsp3) is 0.500. The van der Waals surface area contributed by atoms with Crippen LogP contribution in [-0.2, 0) is 5.41 Å². The number of rotatable bonds is 8. The van der Waals surface area contributed by atoms with Crippen LogP contribution in [0, 0.1) is 20.8 Å². The van der Waals surface area contributed by atoms with Gasteiger partial charge in [-0.25, -0.2) is 4.98 Å². The van der Waals surface area contributed by atoms with Crippen LogP contribution in [0.25, 0.3) is 11.0 Å². The van der Waals surface area contributed by atoms with E-state index >= 15 is 0 Å². The molecule has 2 aromatic heterocycles. The minimum Gasteiger partial charge on any atom is -0.349 e. The fourth-order valence-electron chi connectivity index (χ4n) is 9.13. The van der Waals surface area contributed by atoms with E-state index < -0.39 is 0 Å². The topological polar surface area (TPSA) is 63.1 Å². The summed E-state index contributed by atoms with van der Waals surface area (Å²) in [6, 6.07) is 23.9. The number of amides is 1. The van der Waals surface area contributed by atoms with Gasteiger partial charge in [-0.2, -0.15) is 0 Å². The van der Waals surface area contributed by atoms with Crippen LogP contribution in [0.3, 0.4) is 0 Å². The lowest BCUT2D eigenvalue weighted by atomic mass is 9.65. The molecule has 3 aliphatic rings. The lowest BCUT2D eigenvalue weighted by Crippen LogP contribution is -2.45. The van der Waals surface area contributed by atoms with Gasteiger partial charge in [-0.3, -0.25) is 14.7 Å². The summed E-state index contributed by atoms with van der Waals surface area (Å²) in [5, 5.41) is 3.37. The van der Waals surface area contributed by atoms with E-state index in [1.807, 2.05) is 19.9 Å². The first-order valence-corrected chi connectivity index (χ1v) is 16.9. The van der Waals surface area contributed by atoms with Crippen LogP contribution in [0.5, 0.6) is 0 Å². The Kier molecular flexibility index (Phi) is 8.04. The van der Waals surface area contributed by atoms with Crippen molar-refractivity contribution in [3.05, 3.63) is 95.1 Å². The minimum atomic E-state index is 0.0306. The number of fused-ring (bicyclic) bond motifs is 3. The highest BCUT2D eigenvalue weighted by atomic mass is 16.1. The molecule has 4 aromatic rings. The summed E-state index contributed by atoms with van der Waals surface area (Å²) in [6.07, 6.45) is 13.6. The van der Waals surface area contributed by atoms with Gasteiger partial charge in [-0.15, -0.1) is 0 Å². The standard InChI is InChI=1S/C38H47N5O/c1-26-18-22-39-27(2)36(26)37(44)41-30-16-20-38(21-17-30,29-10-5-4-6-11-29)19-9-23-42-31-14-15-32(42)25-33(24-31)43-28(3)40-34-12-7-8-13-35(34)43/h4-8,10-13,18,22,30-33H,9,14-17,19-21,23-25H2,1-3H3,(H,41,44)/t30?,31-,32+,33?,38?. The van der Waals surface area contributed by atoms with Gasteiger partial charge in [0.25, 0.3) is 5.91 Å². The lowest BCUT2D eigenvalue weighted by Gasteiger charge is -2.43. The largest absolute Gasteiger partial charge is 0.349 e. The number of nitrogens with one attached hydrogen (secondary N) is 1. The van der Waals surface area contributed by atoms with Crippen molar-refractivity contribution in [1.29, 1.82) is 0 Å². The molecule has 2 aromatic carbocycles. The summed E-state index contributed by atoms with van der Waals surface area (Å²) in [7, 11) is 0. The first kappa shape index (κ1) is 29.2. The van der Waals surface area contributed by atoms with Crippen molar-refractivity contribution in [2.24, 2.45) is 0 Å². The van der Waals surface area contributed by atoms with E-state index in [1.54, 1.807) is 6.20 Å². The summed E-state index contributed by atoms with van der Waals surface area (Å²) in [6.45, 7) is 7.30. The molecule has 6 heteroatoms. The number of carbonyl (C=O) groups is 1. The highest BCUT2D eigenvalue weighted by Crippen LogP contribution is 2.45. The number of nitrogens with zero attached hydrogens (tertiary/aromatic N) is 4. The Hall–Kier alpha value is -3.51. The molecule has 0 radical (unpaired) electrons. The Morgan fingerprint density at radius 1 is 0.886 bits per heavy atom. The number of para-hydroxylation sites is 2. The van der Waals surface area contributed by atoms with Crippen molar-refractivity contribution in [3.63, 3.8) is 0 Å². The molecule has 0 spiro atoms. The smallest absolute Gasteiger partial charge is 0.253 e. The van der Waals surface area contributed by atoms with E-state index in [0.717, 1.165) is 53.8 Å². The average Bonchev–Trinajstić information content (AvgIpc) is 3.48. The van der Waals surface area contributed by atoms with Crippen molar-refractivity contribution in [2.45, 2.75) is 115 Å². The van der Waals surface area contributed by atoms with Gasteiger partial charge in [0, 0.05) is 30.4 Å². The maximum Gasteiger partial charge on any atom is 0.253 e. The second kappa shape index (κ2) is 12.1. The summed E-state index contributed by atoms with van der Waals surface area (Å²) in [4.78, 5) is 25.3. The number of hydrogen-bond acceptors (Lipinski definition) is 4. The molecule has 3 atom stereocenters. The zero-order chi connectivity index (χ0) is 30.3. The molecule has 1 saturated carbocycles. The van der Waals surface area contributed by atoms with Gasteiger partial charge in [0.15, 0.2) is 0 Å². The van der Waals surface area contributed by atoms with Crippen LogP contribution in [0.15, 0.2) is 66.9 Å². The molecule has 230 valence electrons. The number of hydrogen-bond donors (Lipinski definition) is 1. The van der Waals surface area contributed by atoms with Gasteiger partial charge in [0.1, 0.15) is 5.82 Å². The normalized spacial score (nSPS) is 27.1. The maximum absolute atomic E-state index is 13.2. The zero-order valence-electron chi connectivity index (χ0n) is 26.6. The number of carbonyl (C=O) groups excluding carboxylic acids is 1. The first-order chi connectivity index (χ1) is 21.4. The summed E-state index contributed by atoms with van der Waals surface area (Å²) in [5.41, 5.74) is 6.63. The molecule has 1 unspecified atom stereocenters. The van der Waals surface area contributed by atoms with Gasteiger partial charge in [0.2, 0.25) is 0 Å². The van der Waals surface area contributed by atoms with Crippen LogP contribution in [0.4, 0.5) is 0 Å². The quantitative estimate of drug-likeness (QED) is 0.230. The summed E-state index contributed by atoms with van der Waals surface area (Å²) in [5.74, 6) is 1.19. The molecule has 1 amide bonds. The van der Waals surface area contributed by atoms with E-state index in [-0.39, 0.29) is 17.4 Å². The second-order valence-electron chi connectivity index (χ2n) is 13.9. The zero-order valence-corrected chi connectivity index (χ0v) is 26.6. The van der Waals surface area contributed by atoms with Crippen LogP contribution in [0.1, 0.15) is 103 Å². The monoisotopic (exact) mass is 589 g/mol. The van der Waals surface area contributed by atoms with Gasteiger partial charge < -0.3 is 9.88 Å². The summed E-state index contributed by atoms with van der Waals surface area (Å²) >= 11 is 0. The van der Waals surface area contributed by atoms with Crippen molar-refractivity contribution < 1.29 is 4.79 Å². The molecule has 3 fully saturated rings. The van der Waals surface area contributed by atoms with Gasteiger partial charge in [-0.1, -0.05) is 42.5 Å². The Balaban J connectivity index is 0.996. The fourth-order valence-corrected chi connectivity index (χ4v) is 9.13. The lowest BCUT2D eigenvalue weighted by molar-refractivity contribution is 0.0903. The number of piperidine rings is 1. The van der Waals surface area contributed by atoms with Crippen molar-refractivity contribution in [2.75, 3.05) is 6.54 Å². The molecule has 44 heavy (non-hydrogen) atoms. The van der Waals surface area contributed by atoms with E-state index in [1.165, 1.54) is 56.1 Å².